The van der Waals surface area contributed by atoms with E-state index in [0.717, 1.165) is 44.5 Å². The highest BCUT2D eigenvalue weighted by atomic mass is 16.5. The van der Waals surface area contributed by atoms with Gasteiger partial charge in [-0.25, -0.2) is 0 Å². The predicted molar refractivity (Wildman–Crippen MR) is 181 cm³/mol. The quantitative estimate of drug-likeness (QED) is 0.141. The molecular weight excluding hydrogens is 556 g/mol. The molecule has 0 unspecified atom stereocenters. The molecule has 0 aliphatic carbocycles. The van der Waals surface area contributed by atoms with E-state index < -0.39 is 5.41 Å². The molecule has 0 aliphatic rings. The zero-order chi connectivity index (χ0) is 30.9. The lowest BCUT2D eigenvalue weighted by atomic mass is 9.64. The van der Waals surface area contributed by atoms with Crippen LogP contribution in [-0.4, -0.2) is 36.6 Å². The van der Waals surface area contributed by atoms with E-state index in [2.05, 4.69) is 97.1 Å². The number of aliphatic hydroxyl groups excluding tert-OH is 2. The van der Waals surface area contributed by atoms with Crippen LogP contribution in [0.25, 0.3) is 22.3 Å². The largest absolute Gasteiger partial charge is 0.491 e. The van der Waals surface area contributed by atoms with Gasteiger partial charge >= 0.3 is 0 Å². The van der Waals surface area contributed by atoms with Crippen LogP contribution in [0.3, 0.4) is 0 Å². The maximum atomic E-state index is 9.57. The smallest absolute Gasteiger partial charge is 0.127 e. The summed E-state index contributed by atoms with van der Waals surface area (Å²) in [4.78, 5) is 0. The molecule has 0 aliphatic heterocycles. The monoisotopic (exact) mass is 592 g/mol. The van der Waals surface area contributed by atoms with E-state index in [1.54, 1.807) is 0 Å². The third-order valence-electron chi connectivity index (χ3n) is 8.11. The second kappa shape index (κ2) is 14.1. The molecule has 6 rings (SSSR count). The third kappa shape index (κ3) is 6.12. The molecule has 0 radical (unpaired) electrons. The van der Waals surface area contributed by atoms with E-state index in [-0.39, 0.29) is 26.4 Å². The van der Waals surface area contributed by atoms with Crippen molar-refractivity contribution >= 4 is 0 Å². The Labute approximate surface area is 264 Å². The fraction of sp³-hybridized carbons (Fsp3) is 0.122. The Morgan fingerprint density at radius 2 is 0.756 bits per heavy atom. The highest BCUT2D eigenvalue weighted by Gasteiger charge is 2.39. The second-order valence-corrected chi connectivity index (χ2v) is 10.8. The first-order valence-corrected chi connectivity index (χ1v) is 15.2. The minimum absolute atomic E-state index is 0.0685. The maximum Gasteiger partial charge on any atom is 0.127 e. The van der Waals surface area contributed by atoms with Crippen molar-refractivity contribution in [2.75, 3.05) is 26.4 Å². The Morgan fingerprint density at radius 1 is 0.400 bits per heavy atom. The first-order valence-electron chi connectivity index (χ1n) is 15.2. The van der Waals surface area contributed by atoms with Crippen molar-refractivity contribution in [3.05, 3.63) is 180 Å². The van der Waals surface area contributed by atoms with E-state index >= 15 is 0 Å². The lowest BCUT2D eigenvalue weighted by Gasteiger charge is -2.37. The van der Waals surface area contributed by atoms with Crippen molar-refractivity contribution in [1.29, 1.82) is 0 Å². The Morgan fingerprint density at radius 3 is 1.11 bits per heavy atom. The minimum Gasteiger partial charge on any atom is -0.491 e. The lowest BCUT2D eigenvalue weighted by Crippen LogP contribution is -2.31. The number of aliphatic hydroxyl groups is 2. The van der Waals surface area contributed by atoms with Gasteiger partial charge in [-0.05, 0) is 57.6 Å². The zero-order valence-electron chi connectivity index (χ0n) is 25.1. The second-order valence-electron chi connectivity index (χ2n) is 10.8. The van der Waals surface area contributed by atoms with Crippen LogP contribution in [0.4, 0.5) is 0 Å². The van der Waals surface area contributed by atoms with Gasteiger partial charge in [0.05, 0.1) is 18.6 Å². The van der Waals surface area contributed by atoms with Crippen molar-refractivity contribution < 1.29 is 19.7 Å². The third-order valence-corrected chi connectivity index (χ3v) is 8.11. The molecule has 4 heteroatoms. The van der Waals surface area contributed by atoms with Crippen LogP contribution < -0.4 is 9.47 Å². The molecule has 224 valence electrons. The number of ether oxygens (including phenoxy) is 2. The topological polar surface area (TPSA) is 58.9 Å². The van der Waals surface area contributed by atoms with Gasteiger partial charge in [0.1, 0.15) is 24.7 Å². The molecule has 45 heavy (non-hydrogen) atoms. The summed E-state index contributed by atoms with van der Waals surface area (Å²) in [6, 6.07) is 54.4. The number of benzene rings is 6. The van der Waals surface area contributed by atoms with Crippen LogP contribution in [-0.2, 0) is 5.41 Å². The van der Waals surface area contributed by atoms with Gasteiger partial charge in [0.15, 0.2) is 0 Å². The molecule has 4 nitrogen and oxygen atoms in total. The average molecular weight is 593 g/mol. The standard InChI is InChI=1S/C41H36O4/c42-25-27-44-39-23-21-35(29-37(39)31-13-5-1-6-14-31)41(33-17-9-3-10-18-33,34-19-11-4-12-20-34)36-22-24-40(45-28-26-43)38(30-36)32-15-7-2-8-16-32/h1-24,29-30,42-43H,25-28H2. The summed E-state index contributed by atoms with van der Waals surface area (Å²) in [7, 11) is 0. The molecular formula is C41H36O4. The highest BCUT2D eigenvalue weighted by Crippen LogP contribution is 2.49. The molecule has 0 amide bonds. The molecule has 0 aromatic heterocycles. The van der Waals surface area contributed by atoms with Crippen LogP contribution in [0.1, 0.15) is 22.3 Å². The summed E-state index contributed by atoms with van der Waals surface area (Å²) in [6.45, 7) is 0.274. The SMILES string of the molecule is OCCOc1ccc(C(c2ccccc2)(c2ccccc2)c2ccc(OCCO)c(-c3ccccc3)c2)cc1-c1ccccc1. The molecule has 0 fully saturated rings. The van der Waals surface area contributed by atoms with Crippen LogP contribution >= 0.6 is 0 Å². The summed E-state index contributed by atoms with van der Waals surface area (Å²) in [5.74, 6) is 1.43. The first kappa shape index (κ1) is 29.9. The van der Waals surface area contributed by atoms with Gasteiger partial charge in [-0.15, -0.1) is 0 Å². The Balaban J connectivity index is 1.69. The van der Waals surface area contributed by atoms with Crippen LogP contribution in [0, 0.1) is 0 Å². The molecule has 0 heterocycles. The van der Waals surface area contributed by atoms with Crippen LogP contribution in [0.5, 0.6) is 11.5 Å². The van der Waals surface area contributed by atoms with Gasteiger partial charge < -0.3 is 19.7 Å². The van der Waals surface area contributed by atoms with Crippen LogP contribution in [0.2, 0.25) is 0 Å². The Hall–Kier alpha value is -5.16. The molecule has 0 saturated carbocycles. The average Bonchev–Trinajstić information content (AvgIpc) is 3.12. The van der Waals surface area contributed by atoms with Crippen molar-refractivity contribution in [3.63, 3.8) is 0 Å². The normalized spacial score (nSPS) is 11.2. The fourth-order valence-electron chi connectivity index (χ4n) is 6.15. The van der Waals surface area contributed by atoms with Crippen molar-refractivity contribution in [2.45, 2.75) is 5.41 Å². The number of rotatable bonds is 12. The summed E-state index contributed by atoms with van der Waals surface area (Å²) < 4.78 is 12.1. The predicted octanol–water partition coefficient (Wildman–Crippen LogP) is 8.15. The van der Waals surface area contributed by atoms with Gasteiger partial charge in [-0.2, -0.15) is 0 Å². The lowest BCUT2D eigenvalue weighted by molar-refractivity contribution is 0.202. The first-order chi connectivity index (χ1) is 22.3. The highest BCUT2D eigenvalue weighted by molar-refractivity contribution is 5.76. The van der Waals surface area contributed by atoms with Gasteiger partial charge in [-0.1, -0.05) is 133 Å². The van der Waals surface area contributed by atoms with E-state index in [1.807, 2.05) is 60.7 Å². The van der Waals surface area contributed by atoms with Gasteiger partial charge in [0.25, 0.3) is 0 Å². The molecule has 0 bridgehead atoms. The summed E-state index contributed by atoms with van der Waals surface area (Å²) in [6.07, 6.45) is 0. The zero-order valence-corrected chi connectivity index (χ0v) is 25.1. The Kier molecular flexibility index (Phi) is 9.35. The molecule has 0 atom stereocenters. The van der Waals surface area contributed by atoms with E-state index in [0.29, 0.717) is 11.5 Å². The molecule has 0 saturated heterocycles. The molecule has 6 aromatic rings. The fourth-order valence-corrected chi connectivity index (χ4v) is 6.15. The molecule has 0 spiro atoms. The van der Waals surface area contributed by atoms with Crippen molar-refractivity contribution in [2.24, 2.45) is 0 Å². The van der Waals surface area contributed by atoms with Gasteiger partial charge in [-0.3, -0.25) is 0 Å². The summed E-state index contributed by atoms with van der Waals surface area (Å²) in [5.41, 5.74) is 7.59. The summed E-state index contributed by atoms with van der Waals surface area (Å²) >= 11 is 0. The van der Waals surface area contributed by atoms with Gasteiger partial charge in [0.2, 0.25) is 0 Å². The van der Waals surface area contributed by atoms with Crippen molar-refractivity contribution in [3.8, 4) is 33.8 Å². The Bertz CT molecular complexity index is 1670. The summed E-state index contributed by atoms with van der Waals surface area (Å²) in [5, 5.41) is 19.1. The van der Waals surface area contributed by atoms with E-state index in [1.165, 1.54) is 0 Å². The molecule has 6 aromatic carbocycles. The minimum atomic E-state index is -0.722. The van der Waals surface area contributed by atoms with E-state index in [4.69, 9.17) is 9.47 Å². The maximum absolute atomic E-state index is 9.57. The van der Waals surface area contributed by atoms with Crippen LogP contribution in [0.15, 0.2) is 158 Å². The number of hydrogen-bond acceptors (Lipinski definition) is 4. The number of hydrogen-bond donors (Lipinski definition) is 2. The van der Waals surface area contributed by atoms with Gasteiger partial charge in [0, 0.05) is 11.1 Å². The van der Waals surface area contributed by atoms with Crippen molar-refractivity contribution in [1.82, 2.24) is 0 Å². The molecule has 2 N–H and O–H groups in total. The van der Waals surface area contributed by atoms with E-state index in [9.17, 15) is 10.2 Å².